The highest BCUT2D eigenvalue weighted by Gasteiger charge is 2.47. The number of carbonyl (C=O) groups excluding carboxylic acids is 2. The largest absolute Gasteiger partial charge is 0.503 e. The zero-order chi connectivity index (χ0) is 22.9. The van der Waals surface area contributed by atoms with Crippen molar-refractivity contribution in [3.63, 3.8) is 0 Å². The molecule has 1 amide bonds. The number of halogens is 2. The molecule has 7 nitrogen and oxygen atoms in total. The van der Waals surface area contributed by atoms with Crippen LogP contribution in [0.25, 0.3) is 0 Å². The van der Waals surface area contributed by atoms with Gasteiger partial charge >= 0.3 is 0 Å². The zero-order valence-electron chi connectivity index (χ0n) is 17.5. The summed E-state index contributed by atoms with van der Waals surface area (Å²) in [6, 6.07) is 3.29. The first-order valence-corrected chi connectivity index (χ1v) is 9.90. The number of ketones is 1. The molecule has 0 fully saturated rings. The lowest BCUT2D eigenvalue weighted by atomic mass is 9.72. The van der Waals surface area contributed by atoms with Gasteiger partial charge in [-0.1, -0.05) is 19.4 Å². The van der Waals surface area contributed by atoms with Crippen LogP contribution in [0.15, 0.2) is 29.2 Å². The van der Waals surface area contributed by atoms with Crippen LogP contribution in [-0.2, 0) is 17.8 Å². The van der Waals surface area contributed by atoms with Crippen LogP contribution in [0.4, 0.5) is 8.78 Å². The van der Waals surface area contributed by atoms with Crippen molar-refractivity contribution in [1.29, 1.82) is 0 Å². The minimum atomic E-state index is -1.03. The highest BCUT2D eigenvalue weighted by molar-refractivity contribution is 6.03. The van der Waals surface area contributed by atoms with Crippen LogP contribution in [-0.4, -0.2) is 34.6 Å². The highest BCUT2D eigenvalue weighted by atomic mass is 19.1. The standard InChI is InChI=1S/C22H24F2N2O5/c1-4-8-22(2)16(31-3)11-26-10-13(18(27)19(28)17(26)20(22)29)21(30)25-9-12-14(23)6-5-7-15(12)24/h5-7,10,16,28H,4,8-9,11H2,1-3H3,(H,25,30)/t16-,22+/m0/s1. The molecule has 0 saturated heterocycles. The normalized spacial score (nSPS) is 20.4. The van der Waals surface area contributed by atoms with Crippen LogP contribution in [0, 0.1) is 17.0 Å². The van der Waals surface area contributed by atoms with E-state index in [1.807, 2.05) is 6.92 Å². The van der Waals surface area contributed by atoms with Crippen LogP contribution in [0.3, 0.4) is 0 Å². The summed E-state index contributed by atoms with van der Waals surface area (Å²) in [5.41, 5.74) is -2.94. The highest BCUT2D eigenvalue weighted by Crippen LogP contribution is 2.39. The van der Waals surface area contributed by atoms with Crippen LogP contribution in [0.2, 0.25) is 0 Å². The number of pyridine rings is 1. The monoisotopic (exact) mass is 434 g/mol. The Hall–Kier alpha value is -3.07. The molecule has 1 aromatic heterocycles. The van der Waals surface area contributed by atoms with E-state index in [4.69, 9.17) is 4.74 Å². The quantitative estimate of drug-likeness (QED) is 0.729. The molecule has 2 heterocycles. The van der Waals surface area contributed by atoms with Gasteiger partial charge in [-0.25, -0.2) is 8.78 Å². The number of methoxy groups -OCH3 is 1. The fourth-order valence-corrected chi connectivity index (χ4v) is 4.08. The molecule has 0 unspecified atom stereocenters. The van der Waals surface area contributed by atoms with E-state index in [-0.39, 0.29) is 17.8 Å². The third kappa shape index (κ3) is 3.85. The summed E-state index contributed by atoms with van der Waals surface area (Å²) in [4.78, 5) is 38.4. The predicted molar refractivity (Wildman–Crippen MR) is 108 cm³/mol. The lowest BCUT2D eigenvalue weighted by Crippen LogP contribution is -2.49. The first-order valence-electron chi connectivity index (χ1n) is 9.90. The third-order valence-electron chi connectivity index (χ3n) is 5.85. The van der Waals surface area contributed by atoms with Gasteiger partial charge in [-0.05, 0) is 25.5 Å². The van der Waals surface area contributed by atoms with E-state index >= 15 is 0 Å². The molecule has 1 aromatic carbocycles. The summed E-state index contributed by atoms with van der Waals surface area (Å²) in [7, 11) is 1.47. The molecule has 2 atom stereocenters. The predicted octanol–water partition coefficient (Wildman–Crippen LogP) is 2.78. The molecule has 0 radical (unpaired) electrons. The maximum atomic E-state index is 13.8. The SMILES string of the molecule is CCC[C@@]1(C)C(=O)c2c(O)c(=O)c(C(=O)NCc3c(F)cccc3F)cn2C[C@@H]1OC. The van der Waals surface area contributed by atoms with E-state index in [0.717, 1.165) is 12.1 Å². The Morgan fingerprint density at radius 3 is 2.55 bits per heavy atom. The number of carbonyl (C=O) groups is 2. The molecular formula is C22H24F2N2O5. The van der Waals surface area contributed by atoms with Gasteiger partial charge in [0.15, 0.2) is 11.5 Å². The van der Waals surface area contributed by atoms with Crippen molar-refractivity contribution < 1.29 is 28.2 Å². The number of benzene rings is 1. The van der Waals surface area contributed by atoms with Crippen molar-refractivity contribution in [3.05, 3.63) is 63.1 Å². The number of hydrogen-bond acceptors (Lipinski definition) is 5. The first-order chi connectivity index (χ1) is 14.7. The summed E-state index contributed by atoms with van der Waals surface area (Å²) < 4.78 is 34.4. The second-order valence-electron chi connectivity index (χ2n) is 7.83. The maximum absolute atomic E-state index is 13.8. The maximum Gasteiger partial charge on any atom is 0.257 e. The Morgan fingerprint density at radius 1 is 1.32 bits per heavy atom. The Kier molecular flexibility index (Phi) is 6.26. The van der Waals surface area contributed by atoms with E-state index in [9.17, 15) is 28.3 Å². The van der Waals surface area contributed by atoms with E-state index in [0.29, 0.717) is 12.8 Å². The number of fused-ring (bicyclic) bond motifs is 1. The molecule has 31 heavy (non-hydrogen) atoms. The lowest BCUT2D eigenvalue weighted by Gasteiger charge is -2.40. The van der Waals surface area contributed by atoms with Crippen molar-refractivity contribution in [2.24, 2.45) is 5.41 Å². The van der Waals surface area contributed by atoms with Crippen molar-refractivity contribution >= 4 is 11.7 Å². The van der Waals surface area contributed by atoms with Gasteiger partial charge in [0.05, 0.1) is 18.1 Å². The van der Waals surface area contributed by atoms with Gasteiger partial charge in [0.1, 0.15) is 22.9 Å². The van der Waals surface area contributed by atoms with E-state index < -0.39 is 58.1 Å². The van der Waals surface area contributed by atoms with Gasteiger partial charge in [0.2, 0.25) is 5.43 Å². The van der Waals surface area contributed by atoms with Crippen molar-refractivity contribution in [1.82, 2.24) is 9.88 Å². The molecular weight excluding hydrogens is 410 g/mol. The number of ether oxygens (including phenoxy) is 1. The van der Waals surface area contributed by atoms with Crippen LogP contribution >= 0.6 is 0 Å². The third-order valence-corrected chi connectivity index (χ3v) is 5.85. The molecule has 2 aromatic rings. The average molecular weight is 434 g/mol. The summed E-state index contributed by atoms with van der Waals surface area (Å²) in [6.07, 6.45) is 1.83. The Labute approximate surface area is 177 Å². The summed E-state index contributed by atoms with van der Waals surface area (Å²) in [5, 5.41) is 12.8. The topological polar surface area (TPSA) is 97.6 Å². The van der Waals surface area contributed by atoms with Gasteiger partial charge in [-0.15, -0.1) is 0 Å². The minimum absolute atomic E-state index is 0.143. The second kappa shape index (κ2) is 8.58. The van der Waals surface area contributed by atoms with Crippen LogP contribution in [0.1, 0.15) is 53.1 Å². The summed E-state index contributed by atoms with van der Waals surface area (Å²) in [6.45, 7) is 3.29. The van der Waals surface area contributed by atoms with Crippen LogP contribution in [0.5, 0.6) is 5.75 Å². The lowest BCUT2D eigenvalue weighted by molar-refractivity contribution is -0.0184. The van der Waals surface area contributed by atoms with Gasteiger partial charge in [0.25, 0.3) is 5.91 Å². The second-order valence-corrected chi connectivity index (χ2v) is 7.83. The number of aromatic nitrogens is 1. The number of rotatable bonds is 6. The molecule has 0 bridgehead atoms. The number of hydrogen-bond donors (Lipinski definition) is 2. The Balaban J connectivity index is 1.97. The number of nitrogens with one attached hydrogen (secondary N) is 1. The molecule has 0 saturated carbocycles. The Bertz CT molecular complexity index is 1080. The van der Waals surface area contributed by atoms with E-state index in [1.54, 1.807) is 6.92 Å². The first kappa shape index (κ1) is 22.6. The molecule has 0 spiro atoms. The smallest absolute Gasteiger partial charge is 0.257 e. The Morgan fingerprint density at radius 2 is 1.97 bits per heavy atom. The average Bonchev–Trinajstić information content (AvgIpc) is 2.72. The molecule has 166 valence electrons. The molecule has 9 heteroatoms. The minimum Gasteiger partial charge on any atom is -0.503 e. The van der Waals surface area contributed by atoms with Crippen molar-refractivity contribution in [3.8, 4) is 5.75 Å². The number of aromatic hydroxyl groups is 1. The summed E-state index contributed by atoms with van der Waals surface area (Å²) >= 11 is 0. The molecule has 1 aliphatic rings. The van der Waals surface area contributed by atoms with Crippen molar-refractivity contribution in [2.45, 2.75) is 45.9 Å². The van der Waals surface area contributed by atoms with E-state index in [2.05, 4.69) is 5.32 Å². The van der Waals surface area contributed by atoms with Crippen LogP contribution < -0.4 is 10.7 Å². The zero-order valence-corrected chi connectivity index (χ0v) is 17.5. The van der Waals surface area contributed by atoms with Gasteiger partial charge in [-0.3, -0.25) is 14.4 Å². The molecule has 1 aliphatic heterocycles. The summed E-state index contributed by atoms with van der Waals surface area (Å²) in [5.74, 6) is -3.88. The van der Waals surface area contributed by atoms with Gasteiger partial charge in [-0.2, -0.15) is 0 Å². The van der Waals surface area contributed by atoms with E-state index in [1.165, 1.54) is 23.9 Å². The fourth-order valence-electron chi connectivity index (χ4n) is 4.08. The van der Waals surface area contributed by atoms with Crippen molar-refractivity contribution in [2.75, 3.05) is 7.11 Å². The fraction of sp³-hybridized carbons (Fsp3) is 0.409. The molecule has 2 N–H and O–H groups in total. The van der Waals surface area contributed by atoms with Gasteiger partial charge < -0.3 is 19.7 Å². The molecule has 0 aliphatic carbocycles. The number of Topliss-reactive ketones (excluding diaryl/α,β-unsaturated/α-hetero) is 1. The number of nitrogens with zero attached hydrogens (tertiary/aromatic N) is 1. The molecule has 3 rings (SSSR count). The number of amides is 1. The van der Waals surface area contributed by atoms with Gasteiger partial charge in [0, 0.05) is 25.4 Å².